The highest BCUT2D eigenvalue weighted by Crippen LogP contribution is 2.34. The summed E-state index contributed by atoms with van der Waals surface area (Å²) in [5.74, 6) is 0.403. The van der Waals surface area contributed by atoms with Gasteiger partial charge in [0.05, 0.1) is 36.6 Å². The van der Waals surface area contributed by atoms with Crippen LogP contribution < -0.4 is 0 Å². The minimum absolute atomic E-state index is 0.403. The molecular weight excluding hydrogens is 336 g/mol. The number of hydrogen-bond donors (Lipinski definition) is 1. The standard InChI is InChI=1S/C22H26N4O/c1-3-7-16(8-4-1)21-22(17-11-12-27-14-17)26(15-23-21)13-20-18-9-5-2-6-10-19(18)24-25-20/h1,3-4,7-8,15,17H,2,5-6,9-14H2,(H,24,25)/t17-/m1/s1. The summed E-state index contributed by atoms with van der Waals surface area (Å²) in [5.41, 5.74) is 7.53. The SMILES string of the molecule is c1ccc(-c2ncn(Cc3n[nH]c4c3CCCCC4)c2[C@@H]2CCOC2)cc1. The fourth-order valence-electron chi connectivity index (χ4n) is 4.53. The maximum absolute atomic E-state index is 5.71. The number of hydrogen-bond acceptors (Lipinski definition) is 3. The topological polar surface area (TPSA) is 55.7 Å². The number of imidazole rings is 1. The Kier molecular flexibility index (Phi) is 4.54. The van der Waals surface area contributed by atoms with Crippen LogP contribution in [0.5, 0.6) is 0 Å². The lowest BCUT2D eigenvalue weighted by Gasteiger charge is -2.15. The van der Waals surface area contributed by atoms with E-state index in [4.69, 9.17) is 9.72 Å². The number of aryl methyl sites for hydroxylation is 1. The minimum Gasteiger partial charge on any atom is -0.381 e. The minimum atomic E-state index is 0.403. The van der Waals surface area contributed by atoms with Crippen LogP contribution in [-0.2, 0) is 24.1 Å². The predicted octanol–water partition coefficient (Wildman–Crippen LogP) is 4.09. The first kappa shape index (κ1) is 16.8. The maximum atomic E-state index is 5.71. The number of aromatic amines is 1. The molecule has 3 heterocycles. The first-order chi connectivity index (χ1) is 13.4. The highest BCUT2D eigenvalue weighted by molar-refractivity contribution is 5.62. The molecule has 5 rings (SSSR count). The lowest BCUT2D eigenvalue weighted by atomic mass is 9.99. The molecule has 1 saturated heterocycles. The molecule has 0 spiro atoms. The highest BCUT2D eigenvalue weighted by atomic mass is 16.5. The quantitative estimate of drug-likeness (QED) is 0.711. The van der Waals surface area contributed by atoms with E-state index >= 15 is 0 Å². The zero-order valence-electron chi connectivity index (χ0n) is 15.7. The van der Waals surface area contributed by atoms with E-state index < -0.39 is 0 Å². The third-order valence-corrected chi connectivity index (χ3v) is 5.95. The third kappa shape index (κ3) is 3.21. The summed E-state index contributed by atoms with van der Waals surface area (Å²) in [6.45, 7) is 2.41. The van der Waals surface area contributed by atoms with Gasteiger partial charge in [-0.25, -0.2) is 4.98 Å². The largest absolute Gasteiger partial charge is 0.381 e. The Morgan fingerprint density at radius 1 is 1.11 bits per heavy atom. The molecule has 0 saturated carbocycles. The molecular formula is C22H26N4O. The summed E-state index contributed by atoms with van der Waals surface area (Å²) in [6.07, 6.45) is 9.17. The van der Waals surface area contributed by atoms with E-state index in [0.29, 0.717) is 5.92 Å². The summed E-state index contributed by atoms with van der Waals surface area (Å²) in [7, 11) is 0. The van der Waals surface area contributed by atoms with Crippen LogP contribution in [0.4, 0.5) is 0 Å². The molecule has 2 aliphatic rings. The van der Waals surface area contributed by atoms with Crippen LogP contribution in [0.25, 0.3) is 11.3 Å². The van der Waals surface area contributed by atoms with E-state index in [1.165, 1.54) is 47.5 Å². The molecule has 0 radical (unpaired) electrons. The molecule has 1 aliphatic carbocycles. The molecule has 2 aromatic heterocycles. The number of nitrogens with zero attached hydrogens (tertiary/aromatic N) is 3. The monoisotopic (exact) mass is 362 g/mol. The Morgan fingerprint density at radius 2 is 2.00 bits per heavy atom. The van der Waals surface area contributed by atoms with Crippen molar-refractivity contribution in [3.63, 3.8) is 0 Å². The summed E-state index contributed by atoms with van der Waals surface area (Å²) < 4.78 is 8.01. The van der Waals surface area contributed by atoms with Gasteiger partial charge in [0.25, 0.3) is 0 Å². The Hall–Kier alpha value is -2.40. The van der Waals surface area contributed by atoms with Crippen LogP contribution in [-0.4, -0.2) is 33.0 Å². The van der Waals surface area contributed by atoms with Crippen molar-refractivity contribution >= 4 is 0 Å². The van der Waals surface area contributed by atoms with Gasteiger partial charge in [-0.2, -0.15) is 5.10 Å². The second-order valence-electron chi connectivity index (χ2n) is 7.72. The number of fused-ring (bicyclic) bond motifs is 1. The molecule has 140 valence electrons. The van der Waals surface area contributed by atoms with Crippen LogP contribution in [0.2, 0.25) is 0 Å². The zero-order chi connectivity index (χ0) is 18.1. The second-order valence-corrected chi connectivity index (χ2v) is 7.72. The average molecular weight is 362 g/mol. The maximum Gasteiger partial charge on any atom is 0.0959 e. The van der Waals surface area contributed by atoms with Crippen LogP contribution in [0.1, 0.15) is 54.2 Å². The van der Waals surface area contributed by atoms with Crippen molar-refractivity contribution in [3.8, 4) is 11.3 Å². The van der Waals surface area contributed by atoms with E-state index in [-0.39, 0.29) is 0 Å². The lowest BCUT2D eigenvalue weighted by molar-refractivity contribution is 0.193. The number of aromatic nitrogens is 4. The van der Waals surface area contributed by atoms with Gasteiger partial charge in [-0.05, 0) is 37.7 Å². The van der Waals surface area contributed by atoms with E-state index in [2.05, 4.69) is 45.1 Å². The number of H-pyrrole nitrogens is 1. The molecule has 27 heavy (non-hydrogen) atoms. The molecule has 1 aromatic carbocycles. The van der Waals surface area contributed by atoms with Crippen molar-refractivity contribution in [2.75, 3.05) is 13.2 Å². The van der Waals surface area contributed by atoms with Crippen molar-refractivity contribution in [1.82, 2.24) is 19.7 Å². The molecule has 1 N–H and O–H groups in total. The molecule has 1 fully saturated rings. The van der Waals surface area contributed by atoms with E-state index in [1.807, 2.05) is 6.33 Å². The van der Waals surface area contributed by atoms with Gasteiger partial charge >= 0.3 is 0 Å². The first-order valence-electron chi connectivity index (χ1n) is 10.1. The molecule has 1 atom stereocenters. The van der Waals surface area contributed by atoms with Crippen molar-refractivity contribution in [3.05, 3.63) is 59.3 Å². The van der Waals surface area contributed by atoms with Crippen LogP contribution in [0.15, 0.2) is 36.7 Å². The Morgan fingerprint density at radius 3 is 2.85 bits per heavy atom. The second kappa shape index (κ2) is 7.31. The summed E-state index contributed by atoms with van der Waals surface area (Å²) in [6, 6.07) is 10.5. The molecule has 0 amide bonds. The fraction of sp³-hybridized carbons (Fsp3) is 0.455. The third-order valence-electron chi connectivity index (χ3n) is 5.95. The number of rotatable bonds is 4. The summed E-state index contributed by atoms with van der Waals surface area (Å²) in [4.78, 5) is 4.81. The number of nitrogens with one attached hydrogen (secondary N) is 1. The smallest absolute Gasteiger partial charge is 0.0959 e. The van der Waals surface area contributed by atoms with E-state index in [9.17, 15) is 0 Å². The van der Waals surface area contributed by atoms with Crippen molar-refractivity contribution in [1.29, 1.82) is 0 Å². The molecule has 5 nitrogen and oxygen atoms in total. The zero-order valence-corrected chi connectivity index (χ0v) is 15.7. The molecule has 1 aliphatic heterocycles. The van der Waals surface area contributed by atoms with Gasteiger partial charge < -0.3 is 9.30 Å². The van der Waals surface area contributed by atoms with Gasteiger partial charge in [-0.1, -0.05) is 36.8 Å². The Bertz CT molecular complexity index is 906. The summed E-state index contributed by atoms with van der Waals surface area (Å²) >= 11 is 0. The van der Waals surface area contributed by atoms with Crippen LogP contribution in [0, 0.1) is 0 Å². The predicted molar refractivity (Wildman–Crippen MR) is 105 cm³/mol. The van der Waals surface area contributed by atoms with Gasteiger partial charge in [0.1, 0.15) is 0 Å². The summed E-state index contributed by atoms with van der Waals surface area (Å²) in [5, 5.41) is 7.99. The van der Waals surface area contributed by atoms with Gasteiger partial charge in [0.2, 0.25) is 0 Å². The Labute approximate surface area is 159 Å². The van der Waals surface area contributed by atoms with Gasteiger partial charge in [0.15, 0.2) is 0 Å². The van der Waals surface area contributed by atoms with Crippen molar-refractivity contribution < 1.29 is 4.74 Å². The molecule has 3 aromatic rings. The number of benzene rings is 1. The Balaban J connectivity index is 1.53. The fourth-order valence-corrected chi connectivity index (χ4v) is 4.53. The van der Waals surface area contributed by atoms with Gasteiger partial charge in [0, 0.05) is 23.8 Å². The number of ether oxygens (including phenoxy) is 1. The van der Waals surface area contributed by atoms with Crippen molar-refractivity contribution in [2.24, 2.45) is 0 Å². The average Bonchev–Trinajstić information content (AvgIpc) is 3.41. The van der Waals surface area contributed by atoms with E-state index in [1.54, 1.807) is 0 Å². The normalized spacial score (nSPS) is 19.8. The molecule has 0 unspecified atom stereocenters. The van der Waals surface area contributed by atoms with Gasteiger partial charge in [-0.3, -0.25) is 5.10 Å². The van der Waals surface area contributed by atoms with Crippen LogP contribution >= 0.6 is 0 Å². The molecule has 0 bridgehead atoms. The first-order valence-corrected chi connectivity index (χ1v) is 10.1. The van der Waals surface area contributed by atoms with E-state index in [0.717, 1.165) is 44.7 Å². The highest BCUT2D eigenvalue weighted by Gasteiger charge is 2.27. The van der Waals surface area contributed by atoms with Gasteiger partial charge in [-0.15, -0.1) is 0 Å². The van der Waals surface area contributed by atoms with Crippen LogP contribution in [0.3, 0.4) is 0 Å². The van der Waals surface area contributed by atoms with Crippen molar-refractivity contribution in [2.45, 2.75) is 51.0 Å². The molecule has 5 heteroatoms. The lowest BCUT2D eigenvalue weighted by Crippen LogP contribution is -2.11.